The number of likely N-dealkylation sites (N-methyl/N-ethyl adjacent to an activating group) is 1. The molecule has 1 aliphatic carbocycles. The zero-order valence-corrected chi connectivity index (χ0v) is 14.7. The number of aromatic nitrogens is 2. The summed E-state index contributed by atoms with van der Waals surface area (Å²) in [6, 6.07) is 4.83. The Morgan fingerprint density at radius 1 is 1.30 bits per heavy atom. The van der Waals surface area contributed by atoms with E-state index in [4.69, 9.17) is 4.98 Å². The molecule has 1 saturated heterocycles. The van der Waals surface area contributed by atoms with E-state index in [0.717, 1.165) is 24.7 Å². The molecule has 1 unspecified atom stereocenters. The van der Waals surface area contributed by atoms with Crippen LogP contribution in [0.1, 0.15) is 41.4 Å². The van der Waals surface area contributed by atoms with Crippen molar-refractivity contribution in [2.75, 3.05) is 25.0 Å². The van der Waals surface area contributed by atoms with Gasteiger partial charge in [0, 0.05) is 49.7 Å². The number of likely N-dealkylation sites (tertiary alicyclic amines) is 1. The van der Waals surface area contributed by atoms with Gasteiger partial charge in [-0.25, -0.2) is 9.97 Å². The third-order valence-corrected chi connectivity index (χ3v) is 6.10. The molecule has 0 N–H and O–H groups in total. The van der Waals surface area contributed by atoms with E-state index in [9.17, 15) is 0 Å². The number of hydrogen-bond donors (Lipinski definition) is 0. The molecule has 23 heavy (non-hydrogen) atoms. The molecule has 5 heteroatoms. The maximum Gasteiger partial charge on any atom is 0.133 e. The minimum Gasteiger partial charge on any atom is -0.355 e. The van der Waals surface area contributed by atoms with Gasteiger partial charge in [0.2, 0.25) is 0 Å². The van der Waals surface area contributed by atoms with E-state index in [-0.39, 0.29) is 0 Å². The van der Waals surface area contributed by atoms with Crippen molar-refractivity contribution in [3.63, 3.8) is 0 Å². The van der Waals surface area contributed by atoms with Gasteiger partial charge in [-0.2, -0.15) is 0 Å². The van der Waals surface area contributed by atoms with Crippen LogP contribution in [0.25, 0.3) is 0 Å². The highest BCUT2D eigenvalue weighted by Crippen LogP contribution is 2.38. The Morgan fingerprint density at radius 2 is 2.17 bits per heavy atom. The molecule has 122 valence electrons. The Kier molecular flexibility index (Phi) is 4.07. The fourth-order valence-electron chi connectivity index (χ4n) is 3.33. The third kappa shape index (κ3) is 3.26. The second-order valence-corrected chi connectivity index (χ2v) is 7.86. The highest BCUT2D eigenvalue weighted by molar-refractivity contribution is 7.10. The van der Waals surface area contributed by atoms with Crippen LogP contribution in [0, 0.1) is 6.92 Å². The van der Waals surface area contributed by atoms with E-state index < -0.39 is 0 Å². The minimum atomic E-state index is 0.553. The smallest absolute Gasteiger partial charge is 0.133 e. The van der Waals surface area contributed by atoms with E-state index in [0.29, 0.717) is 12.0 Å². The molecule has 0 radical (unpaired) electrons. The van der Waals surface area contributed by atoms with Crippen molar-refractivity contribution in [2.45, 2.75) is 44.7 Å². The lowest BCUT2D eigenvalue weighted by Gasteiger charge is -2.26. The number of aryl methyl sites for hydroxylation is 1. The minimum absolute atomic E-state index is 0.553. The summed E-state index contributed by atoms with van der Waals surface area (Å²) in [5.41, 5.74) is 1.43. The maximum absolute atomic E-state index is 4.79. The molecule has 1 saturated carbocycles. The van der Waals surface area contributed by atoms with Gasteiger partial charge < -0.3 is 4.90 Å². The first kappa shape index (κ1) is 15.1. The molecule has 3 heterocycles. The van der Waals surface area contributed by atoms with Crippen molar-refractivity contribution in [3.05, 3.63) is 40.0 Å². The van der Waals surface area contributed by atoms with E-state index >= 15 is 0 Å². The standard InChI is InChI=1S/C18H24N4S/c1-13-7-10-23-16(13)12-22-9-6-15(11-22)21(2)17-5-8-19-18(20-17)14-3-4-14/h5,7-8,10,14-15H,3-4,6,9,11-12H2,1-2H3. The number of thiophene rings is 1. The molecule has 4 nitrogen and oxygen atoms in total. The number of hydrogen-bond acceptors (Lipinski definition) is 5. The quantitative estimate of drug-likeness (QED) is 0.842. The van der Waals surface area contributed by atoms with Crippen molar-refractivity contribution >= 4 is 17.2 Å². The summed E-state index contributed by atoms with van der Waals surface area (Å²) in [5.74, 6) is 2.74. The topological polar surface area (TPSA) is 32.3 Å². The molecule has 0 spiro atoms. The van der Waals surface area contributed by atoms with Gasteiger partial charge in [0.05, 0.1) is 0 Å². The van der Waals surface area contributed by atoms with Gasteiger partial charge >= 0.3 is 0 Å². The van der Waals surface area contributed by atoms with Crippen molar-refractivity contribution in [1.29, 1.82) is 0 Å². The molecule has 4 rings (SSSR count). The summed E-state index contributed by atoms with van der Waals surface area (Å²) < 4.78 is 0. The van der Waals surface area contributed by atoms with Crippen LogP contribution < -0.4 is 4.90 Å². The van der Waals surface area contributed by atoms with Crippen LogP contribution in [0.3, 0.4) is 0 Å². The summed E-state index contributed by atoms with van der Waals surface area (Å²) in [6.45, 7) is 5.60. The van der Waals surface area contributed by atoms with Crippen molar-refractivity contribution in [2.24, 2.45) is 0 Å². The summed E-state index contributed by atoms with van der Waals surface area (Å²) >= 11 is 1.88. The van der Waals surface area contributed by atoms with Crippen LogP contribution in [-0.4, -0.2) is 41.0 Å². The van der Waals surface area contributed by atoms with Gasteiger partial charge in [0.1, 0.15) is 11.6 Å². The Morgan fingerprint density at radius 3 is 2.91 bits per heavy atom. The SMILES string of the molecule is Cc1ccsc1CN1CCC(N(C)c2ccnc(C3CC3)n2)C1. The fraction of sp³-hybridized carbons (Fsp3) is 0.556. The summed E-state index contributed by atoms with van der Waals surface area (Å²) in [5, 5.41) is 2.20. The highest BCUT2D eigenvalue weighted by atomic mass is 32.1. The van der Waals surface area contributed by atoms with Gasteiger partial charge in [-0.1, -0.05) is 0 Å². The number of rotatable bonds is 5. The van der Waals surface area contributed by atoms with Crippen LogP contribution >= 0.6 is 11.3 Å². The number of anilines is 1. The zero-order chi connectivity index (χ0) is 15.8. The highest BCUT2D eigenvalue weighted by Gasteiger charge is 2.29. The molecular formula is C18H24N4S. The Labute approximate surface area is 142 Å². The normalized spacial score (nSPS) is 21.7. The first-order valence-corrected chi connectivity index (χ1v) is 9.40. The molecule has 0 aromatic carbocycles. The van der Waals surface area contributed by atoms with Gasteiger partial charge in [0.15, 0.2) is 0 Å². The average molecular weight is 328 g/mol. The van der Waals surface area contributed by atoms with Crippen LogP contribution in [0.5, 0.6) is 0 Å². The van der Waals surface area contributed by atoms with Gasteiger partial charge in [-0.15, -0.1) is 11.3 Å². The van der Waals surface area contributed by atoms with Crippen LogP contribution in [-0.2, 0) is 6.54 Å². The second kappa shape index (κ2) is 6.21. The lowest BCUT2D eigenvalue weighted by atomic mass is 10.2. The Balaban J connectivity index is 1.40. The van der Waals surface area contributed by atoms with Crippen molar-refractivity contribution in [1.82, 2.24) is 14.9 Å². The Hall–Kier alpha value is -1.46. The third-order valence-electron chi connectivity index (χ3n) is 5.09. The molecule has 2 aromatic heterocycles. The monoisotopic (exact) mass is 328 g/mol. The average Bonchev–Trinajstić information content (AvgIpc) is 3.20. The summed E-state index contributed by atoms with van der Waals surface area (Å²) in [7, 11) is 2.18. The predicted octanol–water partition coefficient (Wildman–Crippen LogP) is 3.43. The lowest BCUT2D eigenvalue weighted by Crippen LogP contribution is -2.35. The molecule has 1 atom stereocenters. The van der Waals surface area contributed by atoms with E-state index in [2.05, 4.69) is 46.3 Å². The fourth-order valence-corrected chi connectivity index (χ4v) is 4.27. The van der Waals surface area contributed by atoms with Gasteiger partial charge in [-0.05, 0) is 49.3 Å². The first-order chi connectivity index (χ1) is 11.2. The molecule has 2 aromatic rings. The molecular weight excluding hydrogens is 304 g/mol. The van der Waals surface area contributed by atoms with E-state index in [1.54, 1.807) is 0 Å². The zero-order valence-electron chi connectivity index (χ0n) is 13.9. The largest absolute Gasteiger partial charge is 0.355 e. The molecule has 0 amide bonds. The number of nitrogens with zero attached hydrogens (tertiary/aromatic N) is 4. The summed E-state index contributed by atoms with van der Waals surface area (Å²) in [4.78, 5) is 15.7. The molecule has 0 bridgehead atoms. The first-order valence-electron chi connectivity index (χ1n) is 8.52. The second-order valence-electron chi connectivity index (χ2n) is 6.86. The van der Waals surface area contributed by atoms with Gasteiger partial charge in [-0.3, -0.25) is 4.90 Å². The van der Waals surface area contributed by atoms with Crippen LogP contribution in [0.15, 0.2) is 23.7 Å². The van der Waals surface area contributed by atoms with Gasteiger partial charge in [0.25, 0.3) is 0 Å². The van der Waals surface area contributed by atoms with Crippen LogP contribution in [0.2, 0.25) is 0 Å². The molecule has 2 fully saturated rings. The van der Waals surface area contributed by atoms with Crippen LogP contribution in [0.4, 0.5) is 5.82 Å². The summed E-state index contributed by atoms with van der Waals surface area (Å²) in [6.07, 6.45) is 5.65. The molecule has 2 aliphatic rings. The van der Waals surface area contributed by atoms with Crippen molar-refractivity contribution < 1.29 is 0 Å². The van der Waals surface area contributed by atoms with Crippen molar-refractivity contribution in [3.8, 4) is 0 Å². The maximum atomic E-state index is 4.79. The van der Waals surface area contributed by atoms with E-state index in [1.807, 2.05) is 17.5 Å². The Bertz CT molecular complexity index is 679. The molecule has 1 aliphatic heterocycles. The van der Waals surface area contributed by atoms with E-state index in [1.165, 1.54) is 36.2 Å². The predicted molar refractivity (Wildman–Crippen MR) is 95.1 cm³/mol. The lowest BCUT2D eigenvalue weighted by molar-refractivity contribution is 0.328.